The SMILES string of the molecule is CCCCCCC(NC)c1cccc(OC)c1. The quantitative estimate of drug-likeness (QED) is 0.689. The van der Waals surface area contributed by atoms with E-state index in [9.17, 15) is 0 Å². The number of methoxy groups -OCH3 is 1. The van der Waals surface area contributed by atoms with Gasteiger partial charge in [0, 0.05) is 6.04 Å². The van der Waals surface area contributed by atoms with Crippen LogP contribution in [0.5, 0.6) is 5.75 Å². The molecule has 0 radical (unpaired) electrons. The lowest BCUT2D eigenvalue weighted by Gasteiger charge is -2.17. The lowest BCUT2D eigenvalue weighted by molar-refractivity contribution is 0.412. The maximum absolute atomic E-state index is 5.26. The van der Waals surface area contributed by atoms with E-state index in [0.29, 0.717) is 6.04 Å². The van der Waals surface area contributed by atoms with Gasteiger partial charge in [0.05, 0.1) is 7.11 Å². The monoisotopic (exact) mass is 235 g/mol. The molecule has 1 atom stereocenters. The summed E-state index contributed by atoms with van der Waals surface area (Å²) < 4.78 is 5.26. The molecule has 0 fully saturated rings. The molecule has 0 heterocycles. The van der Waals surface area contributed by atoms with Crippen LogP contribution in [0.25, 0.3) is 0 Å². The largest absolute Gasteiger partial charge is 0.497 e. The summed E-state index contributed by atoms with van der Waals surface area (Å²) in [7, 11) is 3.75. The number of unbranched alkanes of at least 4 members (excludes halogenated alkanes) is 3. The lowest BCUT2D eigenvalue weighted by atomic mass is 10.00. The second-order valence-corrected chi connectivity index (χ2v) is 4.47. The zero-order chi connectivity index (χ0) is 12.5. The zero-order valence-corrected chi connectivity index (χ0v) is 11.3. The Morgan fingerprint density at radius 3 is 2.71 bits per heavy atom. The van der Waals surface area contributed by atoms with E-state index >= 15 is 0 Å². The fourth-order valence-electron chi connectivity index (χ4n) is 2.11. The number of ether oxygens (including phenoxy) is 1. The van der Waals surface area contributed by atoms with Gasteiger partial charge in [-0.3, -0.25) is 0 Å². The molecule has 1 aromatic rings. The van der Waals surface area contributed by atoms with E-state index in [0.717, 1.165) is 5.75 Å². The van der Waals surface area contributed by atoms with Gasteiger partial charge in [0.1, 0.15) is 5.75 Å². The molecule has 0 amide bonds. The summed E-state index contributed by atoms with van der Waals surface area (Å²) in [4.78, 5) is 0. The summed E-state index contributed by atoms with van der Waals surface area (Å²) >= 11 is 0. The van der Waals surface area contributed by atoms with Crippen molar-refractivity contribution in [3.05, 3.63) is 29.8 Å². The van der Waals surface area contributed by atoms with E-state index in [1.54, 1.807) is 7.11 Å². The molecule has 0 aromatic heterocycles. The Kier molecular flexibility index (Phi) is 6.71. The third-order valence-corrected chi connectivity index (χ3v) is 3.19. The smallest absolute Gasteiger partial charge is 0.119 e. The van der Waals surface area contributed by atoms with Crippen molar-refractivity contribution in [2.45, 2.75) is 45.1 Å². The molecule has 2 nitrogen and oxygen atoms in total. The topological polar surface area (TPSA) is 21.3 Å². The predicted octanol–water partition coefficient (Wildman–Crippen LogP) is 3.93. The minimum absolute atomic E-state index is 0.446. The Morgan fingerprint density at radius 1 is 1.24 bits per heavy atom. The van der Waals surface area contributed by atoms with Crippen molar-refractivity contribution >= 4 is 0 Å². The molecule has 0 spiro atoms. The van der Waals surface area contributed by atoms with Gasteiger partial charge in [-0.2, -0.15) is 0 Å². The molecule has 0 bridgehead atoms. The Hall–Kier alpha value is -1.02. The van der Waals surface area contributed by atoms with Crippen molar-refractivity contribution in [2.75, 3.05) is 14.2 Å². The fourth-order valence-corrected chi connectivity index (χ4v) is 2.11. The van der Waals surface area contributed by atoms with Gasteiger partial charge in [-0.15, -0.1) is 0 Å². The molecular weight excluding hydrogens is 210 g/mol. The van der Waals surface area contributed by atoms with E-state index in [4.69, 9.17) is 4.74 Å². The highest BCUT2D eigenvalue weighted by Gasteiger charge is 2.09. The molecule has 1 unspecified atom stereocenters. The molecule has 1 rings (SSSR count). The van der Waals surface area contributed by atoms with Gasteiger partial charge in [-0.25, -0.2) is 0 Å². The first-order chi connectivity index (χ1) is 8.31. The van der Waals surface area contributed by atoms with Crippen molar-refractivity contribution in [2.24, 2.45) is 0 Å². The third kappa shape index (κ3) is 4.78. The standard InChI is InChI=1S/C15H25NO/c1-4-5-6-7-11-15(16-2)13-9-8-10-14(12-13)17-3/h8-10,12,15-16H,4-7,11H2,1-3H3. The van der Waals surface area contributed by atoms with E-state index < -0.39 is 0 Å². The first-order valence-corrected chi connectivity index (χ1v) is 6.63. The Balaban J connectivity index is 2.53. The van der Waals surface area contributed by atoms with Gasteiger partial charge in [-0.1, -0.05) is 44.7 Å². The van der Waals surface area contributed by atoms with Gasteiger partial charge in [0.15, 0.2) is 0 Å². The van der Waals surface area contributed by atoms with Crippen LogP contribution in [0.4, 0.5) is 0 Å². The van der Waals surface area contributed by atoms with Crippen LogP contribution in [0.15, 0.2) is 24.3 Å². The number of hydrogen-bond acceptors (Lipinski definition) is 2. The minimum atomic E-state index is 0.446. The van der Waals surface area contributed by atoms with Crippen molar-refractivity contribution in [3.8, 4) is 5.75 Å². The second kappa shape index (κ2) is 8.13. The van der Waals surface area contributed by atoms with Crippen molar-refractivity contribution in [1.82, 2.24) is 5.32 Å². The molecule has 0 aliphatic rings. The maximum atomic E-state index is 5.26. The highest BCUT2D eigenvalue weighted by molar-refractivity contribution is 5.30. The van der Waals surface area contributed by atoms with E-state index in [1.165, 1.54) is 37.7 Å². The summed E-state index contributed by atoms with van der Waals surface area (Å²) in [5.41, 5.74) is 1.32. The van der Waals surface area contributed by atoms with Gasteiger partial charge in [-0.05, 0) is 31.2 Å². The van der Waals surface area contributed by atoms with Crippen LogP contribution in [0.1, 0.15) is 50.6 Å². The van der Waals surface area contributed by atoms with Crippen molar-refractivity contribution < 1.29 is 4.74 Å². The zero-order valence-electron chi connectivity index (χ0n) is 11.3. The summed E-state index contributed by atoms with van der Waals surface area (Å²) in [6.45, 7) is 2.25. The Labute approximate surface area is 105 Å². The van der Waals surface area contributed by atoms with Gasteiger partial charge < -0.3 is 10.1 Å². The van der Waals surface area contributed by atoms with Crippen LogP contribution in [-0.4, -0.2) is 14.2 Å². The Bertz CT molecular complexity index is 312. The first-order valence-electron chi connectivity index (χ1n) is 6.63. The highest BCUT2D eigenvalue weighted by atomic mass is 16.5. The van der Waals surface area contributed by atoms with Crippen LogP contribution in [0, 0.1) is 0 Å². The fraction of sp³-hybridized carbons (Fsp3) is 0.600. The van der Waals surface area contributed by atoms with Gasteiger partial charge in [0.25, 0.3) is 0 Å². The lowest BCUT2D eigenvalue weighted by Crippen LogP contribution is -2.16. The van der Waals surface area contributed by atoms with Crippen LogP contribution >= 0.6 is 0 Å². The molecule has 0 saturated heterocycles. The van der Waals surface area contributed by atoms with E-state index in [2.05, 4.69) is 30.4 Å². The molecule has 1 aromatic carbocycles. The summed E-state index contributed by atoms with van der Waals surface area (Å²) in [6, 6.07) is 8.80. The molecular formula is C15H25NO. The predicted molar refractivity (Wildman–Crippen MR) is 73.6 cm³/mol. The molecule has 96 valence electrons. The molecule has 0 aliphatic heterocycles. The van der Waals surface area contributed by atoms with E-state index in [1.807, 2.05) is 13.1 Å². The molecule has 2 heteroatoms. The van der Waals surface area contributed by atoms with Crippen LogP contribution in [-0.2, 0) is 0 Å². The molecule has 0 aliphatic carbocycles. The van der Waals surface area contributed by atoms with Crippen molar-refractivity contribution in [1.29, 1.82) is 0 Å². The number of nitrogens with one attached hydrogen (secondary N) is 1. The number of hydrogen-bond donors (Lipinski definition) is 1. The average Bonchev–Trinajstić information content (AvgIpc) is 2.39. The Morgan fingerprint density at radius 2 is 2.06 bits per heavy atom. The number of rotatable bonds is 8. The minimum Gasteiger partial charge on any atom is -0.497 e. The summed E-state index contributed by atoms with van der Waals surface area (Å²) in [5, 5.41) is 3.39. The normalized spacial score (nSPS) is 12.4. The van der Waals surface area contributed by atoms with Crippen LogP contribution < -0.4 is 10.1 Å². The van der Waals surface area contributed by atoms with Gasteiger partial charge >= 0.3 is 0 Å². The molecule has 17 heavy (non-hydrogen) atoms. The van der Waals surface area contributed by atoms with Crippen LogP contribution in [0.3, 0.4) is 0 Å². The van der Waals surface area contributed by atoms with Crippen LogP contribution in [0.2, 0.25) is 0 Å². The van der Waals surface area contributed by atoms with Gasteiger partial charge in [0.2, 0.25) is 0 Å². The average molecular weight is 235 g/mol. The first kappa shape index (κ1) is 14.0. The molecule has 1 N–H and O–H groups in total. The summed E-state index contributed by atoms with van der Waals surface area (Å²) in [6.07, 6.45) is 6.46. The van der Waals surface area contributed by atoms with E-state index in [-0.39, 0.29) is 0 Å². The maximum Gasteiger partial charge on any atom is 0.119 e. The molecule has 0 saturated carbocycles. The second-order valence-electron chi connectivity index (χ2n) is 4.47. The summed E-state index contributed by atoms with van der Waals surface area (Å²) in [5.74, 6) is 0.941. The third-order valence-electron chi connectivity index (χ3n) is 3.19. The highest BCUT2D eigenvalue weighted by Crippen LogP contribution is 2.23. The van der Waals surface area contributed by atoms with Crippen molar-refractivity contribution in [3.63, 3.8) is 0 Å². The number of benzene rings is 1.